The van der Waals surface area contributed by atoms with E-state index in [-0.39, 0.29) is 0 Å². The highest BCUT2D eigenvalue weighted by molar-refractivity contribution is 5.85. The zero-order valence-corrected chi connectivity index (χ0v) is 19.9. The number of benzene rings is 3. The molecule has 0 unspecified atom stereocenters. The zero-order valence-electron chi connectivity index (χ0n) is 19.9. The highest BCUT2D eigenvalue weighted by Crippen LogP contribution is 2.60. The Hall–Kier alpha value is -3.87. The number of aliphatic hydroxyl groups is 2. The van der Waals surface area contributed by atoms with Crippen LogP contribution in [0.15, 0.2) is 83.4 Å². The molecule has 2 aromatic heterocycles. The van der Waals surface area contributed by atoms with Gasteiger partial charge in [-0.15, -0.1) is 0 Å². The van der Waals surface area contributed by atoms with Gasteiger partial charge in [-0.25, -0.2) is 0 Å². The summed E-state index contributed by atoms with van der Waals surface area (Å²) >= 11 is 0. The smallest absolute Gasteiger partial charge is 0.163 e. The number of fused-ring (bicyclic) bond motifs is 3. The summed E-state index contributed by atoms with van der Waals surface area (Å²) in [5.74, 6) is 1.22. The lowest BCUT2D eigenvalue weighted by Crippen LogP contribution is -2.54. The van der Waals surface area contributed by atoms with Gasteiger partial charge in [0.2, 0.25) is 0 Å². The van der Waals surface area contributed by atoms with Crippen molar-refractivity contribution in [3.8, 4) is 17.0 Å². The van der Waals surface area contributed by atoms with Crippen molar-refractivity contribution in [2.24, 2.45) is 7.05 Å². The highest BCUT2D eigenvalue weighted by atomic mass is 16.5. The Morgan fingerprint density at radius 1 is 1.00 bits per heavy atom. The quantitative estimate of drug-likeness (QED) is 0.372. The molecular formula is C30H26N2O4. The van der Waals surface area contributed by atoms with Crippen LogP contribution in [-0.2, 0) is 31.3 Å². The summed E-state index contributed by atoms with van der Waals surface area (Å²) in [7, 11) is 1.93. The van der Waals surface area contributed by atoms with Crippen molar-refractivity contribution < 1.29 is 19.5 Å². The average molecular weight is 479 g/mol. The Morgan fingerprint density at radius 2 is 1.81 bits per heavy atom. The maximum Gasteiger partial charge on any atom is 0.163 e. The van der Waals surface area contributed by atoms with Gasteiger partial charge in [-0.2, -0.15) is 0 Å². The molecular weight excluding hydrogens is 452 g/mol. The molecule has 6 heteroatoms. The predicted molar refractivity (Wildman–Crippen MR) is 135 cm³/mol. The molecule has 3 aromatic carbocycles. The van der Waals surface area contributed by atoms with Gasteiger partial charge in [0.15, 0.2) is 5.60 Å². The second kappa shape index (κ2) is 7.56. The third-order valence-corrected chi connectivity index (χ3v) is 7.93. The Morgan fingerprint density at radius 3 is 2.64 bits per heavy atom. The Balaban J connectivity index is 1.49. The van der Waals surface area contributed by atoms with Crippen LogP contribution in [0.2, 0.25) is 0 Å². The SMILES string of the molecule is Cn1c([C@]2(O)c3cccc(OCc4ccccc4)c3-c3noc4c3[C@]2(O)CCC4)cc2ccccc21. The average Bonchev–Trinajstić information content (AvgIpc) is 3.49. The molecule has 180 valence electrons. The standard InChI is InChI=1S/C30H26N2O4/c1-32-22-13-6-5-11-20(22)17-25(32)30(34)21-12-7-14-23(35-18-19-9-3-2-4-10-19)26(21)28-27-24(36-31-28)15-8-16-29(27,30)33/h2-7,9-14,17,33-34H,8,15-16,18H2,1H3/t29-,30-/m1/s1. The molecule has 6 nitrogen and oxygen atoms in total. The molecule has 0 saturated carbocycles. The third-order valence-electron chi connectivity index (χ3n) is 7.93. The van der Waals surface area contributed by atoms with Gasteiger partial charge >= 0.3 is 0 Å². The van der Waals surface area contributed by atoms with Crippen LogP contribution in [0.25, 0.3) is 22.2 Å². The molecule has 0 spiro atoms. The van der Waals surface area contributed by atoms with Crippen LogP contribution in [0.4, 0.5) is 0 Å². The van der Waals surface area contributed by atoms with Crippen molar-refractivity contribution in [1.29, 1.82) is 0 Å². The number of aryl methyl sites for hydroxylation is 2. The minimum atomic E-state index is -1.74. The van der Waals surface area contributed by atoms with Crippen molar-refractivity contribution in [3.63, 3.8) is 0 Å². The van der Waals surface area contributed by atoms with E-state index in [1.54, 1.807) is 0 Å². The van der Waals surface area contributed by atoms with Gasteiger partial charge in [-0.3, -0.25) is 0 Å². The lowest BCUT2D eigenvalue weighted by atomic mass is 9.61. The van der Waals surface area contributed by atoms with Crippen LogP contribution in [0.5, 0.6) is 5.75 Å². The van der Waals surface area contributed by atoms with Crippen molar-refractivity contribution in [2.45, 2.75) is 37.1 Å². The topological polar surface area (TPSA) is 80.7 Å². The number of rotatable bonds is 4. The fourth-order valence-electron chi connectivity index (χ4n) is 6.22. The van der Waals surface area contributed by atoms with E-state index in [0.29, 0.717) is 65.5 Å². The minimum Gasteiger partial charge on any atom is -0.488 e. The number of aromatic nitrogens is 2. The zero-order chi connectivity index (χ0) is 24.5. The van der Waals surface area contributed by atoms with Gasteiger partial charge < -0.3 is 24.0 Å². The Labute approximate surface area is 208 Å². The minimum absolute atomic E-state index is 0.369. The summed E-state index contributed by atoms with van der Waals surface area (Å²) in [6, 6.07) is 25.5. The maximum atomic E-state index is 12.8. The first-order valence-electron chi connectivity index (χ1n) is 12.3. The first-order valence-corrected chi connectivity index (χ1v) is 12.3. The molecule has 0 fully saturated rings. The van der Waals surface area contributed by atoms with Gasteiger partial charge in [-0.05, 0) is 42.0 Å². The van der Waals surface area contributed by atoms with E-state index >= 15 is 0 Å². The Kier molecular flexibility index (Phi) is 4.50. The van der Waals surface area contributed by atoms with E-state index in [4.69, 9.17) is 9.26 Å². The molecule has 0 radical (unpaired) electrons. The van der Waals surface area contributed by atoms with Crippen LogP contribution in [0, 0.1) is 0 Å². The van der Waals surface area contributed by atoms with Gasteiger partial charge in [0.25, 0.3) is 0 Å². The normalized spacial score (nSPS) is 22.3. The molecule has 2 atom stereocenters. The second-order valence-corrected chi connectivity index (χ2v) is 9.85. The number of hydrogen-bond acceptors (Lipinski definition) is 5. The fraction of sp³-hybridized carbons (Fsp3) is 0.233. The number of ether oxygens (including phenoxy) is 1. The largest absolute Gasteiger partial charge is 0.488 e. The van der Waals surface area contributed by atoms with Crippen molar-refractivity contribution >= 4 is 10.9 Å². The highest BCUT2D eigenvalue weighted by Gasteiger charge is 2.62. The summed E-state index contributed by atoms with van der Waals surface area (Å²) in [4.78, 5) is 0. The molecule has 2 aliphatic carbocycles. The molecule has 0 bridgehead atoms. The Bertz CT molecular complexity index is 1620. The lowest BCUT2D eigenvalue weighted by molar-refractivity contribution is -0.154. The molecule has 5 aromatic rings. The van der Waals surface area contributed by atoms with Gasteiger partial charge in [0.1, 0.15) is 29.4 Å². The molecule has 0 aliphatic heterocycles. The summed E-state index contributed by atoms with van der Waals surface area (Å²) in [6.45, 7) is 0.369. The van der Waals surface area contributed by atoms with Crippen LogP contribution < -0.4 is 4.74 Å². The summed E-state index contributed by atoms with van der Waals surface area (Å²) in [5, 5.41) is 30.7. The van der Waals surface area contributed by atoms with Gasteiger partial charge in [0.05, 0.1) is 16.8 Å². The molecule has 0 saturated heterocycles. The first-order chi connectivity index (χ1) is 17.5. The lowest BCUT2D eigenvalue weighted by Gasteiger charge is -2.49. The van der Waals surface area contributed by atoms with Crippen molar-refractivity contribution in [3.05, 3.63) is 107 Å². The summed E-state index contributed by atoms with van der Waals surface area (Å²) in [5.41, 5.74) is 1.65. The molecule has 7 rings (SSSR count). The van der Waals surface area contributed by atoms with Gasteiger partial charge in [-0.1, -0.05) is 65.8 Å². The number of nitrogens with zero attached hydrogens (tertiary/aromatic N) is 2. The van der Waals surface area contributed by atoms with Crippen molar-refractivity contribution in [2.75, 3.05) is 0 Å². The molecule has 2 N–H and O–H groups in total. The molecule has 2 aliphatic rings. The fourth-order valence-corrected chi connectivity index (χ4v) is 6.22. The first kappa shape index (κ1) is 21.4. The summed E-state index contributed by atoms with van der Waals surface area (Å²) < 4.78 is 14.1. The van der Waals surface area contributed by atoms with Gasteiger partial charge in [0, 0.05) is 24.5 Å². The maximum absolute atomic E-state index is 12.8. The monoisotopic (exact) mass is 478 g/mol. The van der Waals surface area contributed by atoms with E-state index in [2.05, 4.69) is 5.16 Å². The molecule has 36 heavy (non-hydrogen) atoms. The third kappa shape index (κ3) is 2.71. The molecule has 2 heterocycles. The summed E-state index contributed by atoms with van der Waals surface area (Å²) in [6.07, 6.45) is 1.74. The second-order valence-electron chi connectivity index (χ2n) is 9.85. The van der Waals surface area contributed by atoms with E-state index < -0.39 is 11.2 Å². The van der Waals surface area contributed by atoms with E-state index in [1.165, 1.54) is 0 Å². The number of para-hydroxylation sites is 1. The van der Waals surface area contributed by atoms with Crippen LogP contribution in [-0.4, -0.2) is 19.9 Å². The van der Waals surface area contributed by atoms with Crippen LogP contribution >= 0.6 is 0 Å². The van der Waals surface area contributed by atoms with E-state index in [0.717, 1.165) is 16.5 Å². The van der Waals surface area contributed by atoms with Crippen molar-refractivity contribution in [1.82, 2.24) is 9.72 Å². The van der Waals surface area contributed by atoms with Crippen LogP contribution in [0.3, 0.4) is 0 Å². The predicted octanol–water partition coefficient (Wildman–Crippen LogP) is 5.19. The number of hydrogen-bond donors (Lipinski definition) is 2. The molecule has 0 amide bonds. The van der Waals surface area contributed by atoms with Crippen LogP contribution in [0.1, 0.15) is 41.0 Å². The van der Waals surface area contributed by atoms with E-state index in [1.807, 2.05) is 90.5 Å². The van der Waals surface area contributed by atoms with E-state index in [9.17, 15) is 10.2 Å².